The van der Waals surface area contributed by atoms with Crippen LogP contribution in [0.4, 0.5) is 0 Å². The maximum Gasteiger partial charge on any atom is 0.305 e. The van der Waals surface area contributed by atoms with Crippen LogP contribution in [0.1, 0.15) is 32.6 Å². The van der Waals surface area contributed by atoms with Gasteiger partial charge in [0.25, 0.3) is 0 Å². The number of hydrogen-bond donors (Lipinski definition) is 3. The minimum Gasteiger partial charge on any atom is -0.481 e. The van der Waals surface area contributed by atoms with Crippen molar-refractivity contribution in [3.8, 4) is 0 Å². The Kier molecular flexibility index (Phi) is 7.50. The zero-order chi connectivity index (χ0) is 12.6. The van der Waals surface area contributed by atoms with Crippen molar-refractivity contribution in [3.63, 3.8) is 0 Å². The third-order valence-corrected chi connectivity index (χ3v) is 2.23. The lowest BCUT2D eigenvalue weighted by Gasteiger charge is -2.14. The lowest BCUT2D eigenvalue weighted by Crippen LogP contribution is -2.20. The molecular weight excluding hydrogens is 208 g/mol. The highest BCUT2D eigenvalue weighted by atomic mass is 16.4. The molecule has 0 fully saturated rings. The number of carboxylic acids is 1. The highest BCUT2D eigenvalue weighted by Crippen LogP contribution is 2.12. The first kappa shape index (κ1) is 14.9. The third-order valence-electron chi connectivity index (χ3n) is 2.23. The second-order valence-corrected chi connectivity index (χ2v) is 3.93. The van der Waals surface area contributed by atoms with Crippen molar-refractivity contribution in [2.24, 2.45) is 0 Å². The van der Waals surface area contributed by atoms with Gasteiger partial charge in [0.05, 0.1) is 18.6 Å². The molecule has 0 spiro atoms. The minimum atomic E-state index is -1.05. The third kappa shape index (κ3) is 8.20. The summed E-state index contributed by atoms with van der Waals surface area (Å²) in [5.74, 6) is -1.05. The smallest absolute Gasteiger partial charge is 0.305 e. The molecule has 0 aromatic carbocycles. The van der Waals surface area contributed by atoms with Gasteiger partial charge in [0.2, 0.25) is 0 Å². The highest BCUT2D eigenvalue weighted by Gasteiger charge is 2.14. The number of aliphatic hydroxyl groups excluding tert-OH is 2. The number of carbonyl (C=O) groups is 1. The van der Waals surface area contributed by atoms with E-state index >= 15 is 0 Å². The van der Waals surface area contributed by atoms with Crippen LogP contribution in [0.3, 0.4) is 0 Å². The second kappa shape index (κ2) is 8.07. The molecule has 0 aliphatic rings. The van der Waals surface area contributed by atoms with E-state index in [0.29, 0.717) is 12.8 Å². The average Bonchev–Trinajstić information content (AvgIpc) is 2.13. The zero-order valence-corrected chi connectivity index (χ0v) is 9.59. The van der Waals surface area contributed by atoms with Crippen molar-refractivity contribution in [2.75, 3.05) is 0 Å². The summed E-state index contributed by atoms with van der Waals surface area (Å²) in [7, 11) is 0. The summed E-state index contributed by atoms with van der Waals surface area (Å²) in [5.41, 5.74) is 1.10. The quantitative estimate of drug-likeness (QED) is 0.550. The first-order chi connectivity index (χ1) is 7.45. The highest BCUT2D eigenvalue weighted by molar-refractivity contribution is 5.67. The van der Waals surface area contributed by atoms with Gasteiger partial charge in [-0.15, -0.1) is 0 Å². The summed E-state index contributed by atoms with van der Waals surface area (Å²) in [5, 5.41) is 27.3. The fourth-order valence-electron chi connectivity index (χ4n) is 1.40. The van der Waals surface area contributed by atoms with E-state index < -0.39 is 18.2 Å². The summed E-state index contributed by atoms with van der Waals surface area (Å²) in [6.45, 7) is 5.50. The summed E-state index contributed by atoms with van der Waals surface area (Å²) in [6, 6.07) is 0. The van der Waals surface area contributed by atoms with Crippen LogP contribution in [0, 0.1) is 0 Å². The Morgan fingerprint density at radius 2 is 2.00 bits per heavy atom. The molecule has 3 N–H and O–H groups in total. The fourth-order valence-corrected chi connectivity index (χ4v) is 1.40. The van der Waals surface area contributed by atoms with Gasteiger partial charge in [-0.25, -0.2) is 0 Å². The van der Waals surface area contributed by atoms with Crippen LogP contribution in [0.2, 0.25) is 0 Å². The summed E-state index contributed by atoms with van der Waals surface area (Å²) in [6.07, 6.45) is 2.92. The molecule has 92 valence electrons. The number of allylic oxidation sites excluding steroid dienone is 3. The predicted octanol–water partition coefficient (Wildman–Crippen LogP) is 1.49. The monoisotopic (exact) mass is 228 g/mol. The Morgan fingerprint density at radius 3 is 2.50 bits per heavy atom. The molecule has 0 heterocycles. The molecule has 0 bridgehead atoms. The van der Waals surface area contributed by atoms with Gasteiger partial charge >= 0.3 is 5.97 Å². The zero-order valence-electron chi connectivity index (χ0n) is 9.59. The van der Waals surface area contributed by atoms with Gasteiger partial charge in [-0.2, -0.15) is 0 Å². The molecular formula is C12H20O4. The van der Waals surface area contributed by atoms with E-state index in [0.717, 1.165) is 5.57 Å². The fraction of sp³-hybridized carbons (Fsp3) is 0.583. The molecule has 4 nitrogen and oxygen atoms in total. The summed E-state index contributed by atoms with van der Waals surface area (Å²) >= 11 is 0. The van der Waals surface area contributed by atoms with Crippen molar-refractivity contribution >= 4 is 5.97 Å². The van der Waals surface area contributed by atoms with Gasteiger partial charge in [-0.3, -0.25) is 4.79 Å². The largest absolute Gasteiger partial charge is 0.481 e. The van der Waals surface area contributed by atoms with Crippen LogP contribution in [0.25, 0.3) is 0 Å². The average molecular weight is 228 g/mol. The Balaban J connectivity index is 3.81. The van der Waals surface area contributed by atoms with Gasteiger partial charge in [-0.05, 0) is 26.2 Å². The molecule has 2 unspecified atom stereocenters. The van der Waals surface area contributed by atoms with E-state index in [9.17, 15) is 15.0 Å². The first-order valence-corrected chi connectivity index (χ1v) is 5.31. The standard InChI is InChI=1S/C12H20O4/c1-3-4-9(2)5-6-10(13)7-11(14)8-12(15)16/h3-4,10-11,13-14H,1,5-8H2,2H3,(H,15,16). The van der Waals surface area contributed by atoms with Crippen molar-refractivity contribution in [1.82, 2.24) is 0 Å². The molecule has 0 aromatic rings. The van der Waals surface area contributed by atoms with Crippen molar-refractivity contribution in [3.05, 3.63) is 24.3 Å². The molecule has 0 saturated heterocycles. The molecule has 0 rings (SSSR count). The number of hydrogen-bond acceptors (Lipinski definition) is 3. The Hall–Kier alpha value is -1.13. The van der Waals surface area contributed by atoms with Gasteiger partial charge < -0.3 is 15.3 Å². The van der Waals surface area contributed by atoms with Crippen LogP contribution in [0.15, 0.2) is 24.3 Å². The second-order valence-electron chi connectivity index (χ2n) is 3.93. The van der Waals surface area contributed by atoms with E-state index in [1.807, 2.05) is 13.0 Å². The van der Waals surface area contributed by atoms with Crippen LogP contribution >= 0.6 is 0 Å². The number of rotatable bonds is 8. The molecule has 16 heavy (non-hydrogen) atoms. The topological polar surface area (TPSA) is 77.8 Å². The first-order valence-electron chi connectivity index (χ1n) is 5.31. The van der Waals surface area contributed by atoms with Gasteiger partial charge in [0.15, 0.2) is 0 Å². The van der Waals surface area contributed by atoms with Crippen LogP contribution < -0.4 is 0 Å². The maximum atomic E-state index is 10.3. The molecule has 0 saturated carbocycles. The Bertz CT molecular complexity index is 258. The maximum absolute atomic E-state index is 10.3. The SMILES string of the molecule is C=CC=C(C)CCC(O)CC(O)CC(=O)O. The Labute approximate surface area is 95.9 Å². The van der Waals surface area contributed by atoms with E-state index in [1.165, 1.54) is 0 Å². The predicted molar refractivity (Wildman–Crippen MR) is 62.1 cm³/mol. The molecule has 0 radical (unpaired) electrons. The molecule has 0 aromatic heterocycles. The van der Waals surface area contributed by atoms with Crippen LogP contribution in [-0.4, -0.2) is 33.5 Å². The van der Waals surface area contributed by atoms with E-state index in [4.69, 9.17) is 5.11 Å². The summed E-state index contributed by atoms with van der Waals surface area (Å²) in [4.78, 5) is 10.3. The molecule has 0 aliphatic heterocycles. The number of aliphatic carboxylic acids is 1. The number of carboxylic acid groups (broad SMARTS) is 1. The molecule has 0 amide bonds. The van der Waals surface area contributed by atoms with Gasteiger partial charge in [0.1, 0.15) is 0 Å². The van der Waals surface area contributed by atoms with Gasteiger partial charge in [-0.1, -0.05) is 24.3 Å². The minimum absolute atomic E-state index is 0.105. The van der Waals surface area contributed by atoms with Crippen molar-refractivity contribution in [1.29, 1.82) is 0 Å². The molecule has 4 heteroatoms. The van der Waals surface area contributed by atoms with Crippen molar-refractivity contribution in [2.45, 2.75) is 44.8 Å². The van der Waals surface area contributed by atoms with E-state index in [1.54, 1.807) is 6.08 Å². The van der Waals surface area contributed by atoms with Crippen molar-refractivity contribution < 1.29 is 20.1 Å². The van der Waals surface area contributed by atoms with Crippen LogP contribution in [-0.2, 0) is 4.79 Å². The Morgan fingerprint density at radius 1 is 1.38 bits per heavy atom. The van der Waals surface area contributed by atoms with E-state index in [-0.39, 0.29) is 12.8 Å². The lowest BCUT2D eigenvalue weighted by molar-refractivity contribution is -0.139. The normalized spacial score (nSPS) is 15.6. The molecule has 0 aliphatic carbocycles. The van der Waals surface area contributed by atoms with E-state index in [2.05, 4.69) is 6.58 Å². The van der Waals surface area contributed by atoms with Crippen LogP contribution in [0.5, 0.6) is 0 Å². The van der Waals surface area contributed by atoms with Gasteiger partial charge in [0, 0.05) is 0 Å². The lowest BCUT2D eigenvalue weighted by atomic mass is 10.0. The summed E-state index contributed by atoms with van der Waals surface area (Å²) < 4.78 is 0. The number of aliphatic hydroxyl groups is 2. The molecule has 2 atom stereocenters.